The molecule has 2 aromatic rings. The summed E-state index contributed by atoms with van der Waals surface area (Å²) in [4.78, 5) is 4.17. The molecule has 0 fully saturated rings. The van der Waals surface area contributed by atoms with E-state index in [0.717, 1.165) is 30.3 Å². The smallest absolute Gasteiger partial charge is 0.130 e. The van der Waals surface area contributed by atoms with Crippen LogP contribution in [0.5, 0.6) is 5.75 Å². The number of anilines is 2. The Morgan fingerprint density at radius 1 is 1.17 bits per heavy atom. The minimum absolute atomic E-state index is 0.629. The molecule has 0 bridgehead atoms. The molecule has 0 spiro atoms. The van der Waals surface area contributed by atoms with E-state index < -0.39 is 0 Å². The number of hydrogen-bond acceptors (Lipinski definition) is 3. The van der Waals surface area contributed by atoms with Crippen molar-refractivity contribution in [3.8, 4) is 5.75 Å². The maximum absolute atomic E-state index is 5.78. The molecule has 4 heteroatoms. The largest absolute Gasteiger partial charge is 0.494 e. The minimum atomic E-state index is 0.629. The molecule has 18 heavy (non-hydrogen) atoms. The first-order chi connectivity index (χ1) is 8.78. The number of aromatic nitrogens is 1. The SMILES string of the molecule is CCCOc1ccc(Nc2ccc(Cl)cn2)cc1. The van der Waals surface area contributed by atoms with Gasteiger partial charge in [0.15, 0.2) is 0 Å². The number of benzene rings is 1. The minimum Gasteiger partial charge on any atom is -0.494 e. The Hall–Kier alpha value is -1.74. The lowest BCUT2D eigenvalue weighted by Gasteiger charge is -2.07. The number of nitrogens with one attached hydrogen (secondary N) is 1. The van der Waals surface area contributed by atoms with Crippen LogP contribution in [0.15, 0.2) is 42.6 Å². The summed E-state index contributed by atoms with van der Waals surface area (Å²) in [6, 6.07) is 11.4. The third-order valence-corrected chi connectivity index (χ3v) is 2.55. The molecule has 1 aromatic heterocycles. The van der Waals surface area contributed by atoms with Crippen LogP contribution < -0.4 is 10.1 Å². The van der Waals surface area contributed by atoms with Crippen LogP contribution in [-0.2, 0) is 0 Å². The van der Waals surface area contributed by atoms with Crippen molar-refractivity contribution in [1.29, 1.82) is 0 Å². The van der Waals surface area contributed by atoms with Gasteiger partial charge in [-0.15, -0.1) is 0 Å². The summed E-state index contributed by atoms with van der Waals surface area (Å²) < 4.78 is 5.52. The van der Waals surface area contributed by atoms with E-state index in [9.17, 15) is 0 Å². The standard InChI is InChI=1S/C14H15ClN2O/c1-2-9-18-13-6-4-12(5-7-13)17-14-8-3-11(15)10-16-14/h3-8,10H,2,9H2,1H3,(H,16,17). The normalized spacial score (nSPS) is 10.1. The molecule has 0 aliphatic rings. The summed E-state index contributed by atoms with van der Waals surface area (Å²) in [6.07, 6.45) is 2.62. The topological polar surface area (TPSA) is 34.1 Å². The van der Waals surface area contributed by atoms with Crippen molar-refractivity contribution in [2.24, 2.45) is 0 Å². The molecule has 0 amide bonds. The molecule has 0 atom stereocenters. The highest BCUT2D eigenvalue weighted by Crippen LogP contribution is 2.19. The third-order valence-electron chi connectivity index (χ3n) is 2.33. The molecule has 3 nitrogen and oxygen atoms in total. The second kappa shape index (κ2) is 6.26. The summed E-state index contributed by atoms with van der Waals surface area (Å²) in [7, 11) is 0. The van der Waals surface area contributed by atoms with E-state index in [1.54, 1.807) is 12.3 Å². The van der Waals surface area contributed by atoms with Crippen LogP contribution in [-0.4, -0.2) is 11.6 Å². The number of ether oxygens (including phenoxy) is 1. The van der Waals surface area contributed by atoms with Crippen LogP contribution in [0, 0.1) is 0 Å². The summed E-state index contributed by atoms with van der Waals surface area (Å²) >= 11 is 5.78. The lowest BCUT2D eigenvalue weighted by Crippen LogP contribution is -1.96. The zero-order valence-corrected chi connectivity index (χ0v) is 10.9. The fraction of sp³-hybridized carbons (Fsp3) is 0.214. The molecule has 2 rings (SSSR count). The maximum Gasteiger partial charge on any atom is 0.130 e. The van der Waals surface area contributed by atoms with Gasteiger partial charge in [0.1, 0.15) is 11.6 Å². The van der Waals surface area contributed by atoms with Gasteiger partial charge in [0.05, 0.1) is 11.6 Å². The first kappa shape index (κ1) is 12.7. The maximum atomic E-state index is 5.78. The quantitative estimate of drug-likeness (QED) is 0.874. The molecule has 0 unspecified atom stereocenters. The average molecular weight is 263 g/mol. The van der Waals surface area contributed by atoms with Crippen molar-refractivity contribution < 1.29 is 4.74 Å². The number of hydrogen-bond donors (Lipinski definition) is 1. The van der Waals surface area contributed by atoms with Gasteiger partial charge in [0.2, 0.25) is 0 Å². The van der Waals surface area contributed by atoms with Gasteiger partial charge in [-0.2, -0.15) is 0 Å². The summed E-state index contributed by atoms with van der Waals surface area (Å²) in [5.41, 5.74) is 0.966. The predicted molar refractivity (Wildman–Crippen MR) is 74.8 cm³/mol. The highest BCUT2D eigenvalue weighted by Gasteiger charge is 1.97. The van der Waals surface area contributed by atoms with Crippen molar-refractivity contribution in [2.45, 2.75) is 13.3 Å². The van der Waals surface area contributed by atoms with E-state index in [1.165, 1.54) is 0 Å². The molecule has 94 valence electrons. The van der Waals surface area contributed by atoms with Crippen LogP contribution in [0.1, 0.15) is 13.3 Å². The Morgan fingerprint density at radius 2 is 1.94 bits per heavy atom. The van der Waals surface area contributed by atoms with Crippen molar-refractivity contribution in [3.63, 3.8) is 0 Å². The molecule has 0 saturated heterocycles. The predicted octanol–water partition coefficient (Wildman–Crippen LogP) is 4.27. The van der Waals surface area contributed by atoms with Gasteiger partial charge in [0.25, 0.3) is 0 Å². The van der Waals surface area contributed by atoms with Gasteiger partial charge in [0, 0.05) is 11.9 Å². The lowest BCUT2D eigenvalue weighted by atomic mass is 10.3. The number of halogens is 1. The Balaban J connectivity index is 1.99. The number of nitrogens with zero attached hydrogens (tertiary/aromatic N) is 1. The van der Waals surface area contributed by atoms with Gasteiger partial charge in [-0.3, -0.25) is 0 Å². The van der Waals surface area contributed by atoms with Crippen LogP contribution >= 0.6 is 11.6 Å². The van der Waals surface area contributed by atoms with Gasteiger partial charge in [-0.25, -0.2) is 4.98 Å². The fourth-order valence-electron chi connectivity index (χ4n) is 1.45. The van der Waals surface area contributed by atoms with E-state index in [4.69, 9.17) is 16.3 Å². The van der Waals surface area contributed by atoms with Crippen LogP contribution in [0.25, 0.3) is 0 Å². The second-order valence-electron chi connectivity index (χ2n) is 3.86. The summed E-state index contributed by atoms with van der Waals surface area (Å²) in [5.74, 6) is 1.65. The Labute approximate surface area is 112 Å². The van der Waals surface area contributed by atoms with Crippen molar-refractivity contribution in [2.75, 3.05) is 11.9 Å². The summed E-state index contributed by atoms with van der Waals surface area (Å²) in [5, 5.41) is 3.82. The number of pyridine rings is 1. The van der Waals surface area contributed by atoms with Gasteiger partial charge in [-0.1, -0.05) is 18.5 Å². The van der Waals surface area contributed by atoms with Crippen molar-refractivity contribution in [1.82, 2.24) is 4.98 Å². The van der Waals surface area contributed by atoms with E-state index >= 15 is 0 Å². The fourth-order valence-corrected chi connectivity index (χ4v) is 1.56. The van der Waals surface area contributed by atoms with Gasteiger partial charge in [-0.05, 0) is 42.8 Å². The van der Waals surface area contributed by atoms with Crippen molar-refractivity contribution in [3.05, 3.63) is 47.6 Å². The molecule has 0 aliphatic heterocycles. The van der Waals surface area contributed by atoms with E-state index in [2.05, 4.69) is 17.2 Å². The average Bonchev–Trinajstić information content (AvgIpc) is 2.41. The highest BCUT2D eigenvalue weighted by molar-refractivity contribution is 6.30. The third kappa shape index (κ3) is 3.64. The lowest BCUT2D eigenvalue weighted by molar-refractivity contribution is 0.317. The number of rotatable bonds is 5. The molecular weight excluding hydrogens is 248 g/mol. The molecule has 1 heterocycles. The highest BCUT2D eigenvalue weighted by atomic mass is 35.5. The summed E-state index contributed by atoms with van der Waals surface area (Å²) in [6.45, 7) is 2.83. The molecule has 1 N–H and O–H groups in total. The van der Waals surface area contributed by atoms with E-state index in [0.29, 0.717) is 5.02 Å². The monoisotopic (exact) mass is 262 g/mol. The molecular formula is C14H15ClN2O. The first-order valence-electron chi connectivity index (χ1n) is 5.89. The Kier molecular flexibility index (Phi) is 4.42. The molecule has 0 saturated carbocycles. The van der Waals surface area contributed by atoms with Crippen LogP contribution in [0.3, 0.4) is 0 Å². The zero-order chi connectivity index (χ0) is 12.8. The molecule has 0 radical (unpaired) electrons. The first-order valence-corrected chi connectivity index (χ1v) is 6.27. The Morgan fingerprint density at radius 3 is 2.56 bits per heavy atom. The van der Waals surface area contributed by atoms with Crippen LogP contribution in [0.4, 0.5) is 11.5 Å². The van der Waals surface area contributed by atoms with Crippen LogP contribution in [0.2, 0.25) is 5.02 Å². The Bertz CT molecular complexity index is 482. The molecule has 1 aromatic carbocycles. The second-order valence-corrected chi connectivity index (χ2v) is 4.30. The zero-order valence-electron chi connectivity index (χ0n) is 10.2. The van der Waals surface area contributed by atoms with E-state index in [1.807, 2.05) is 30.3 Å². The van der Waals surface area contributed by atoms with E-state index in [-0.39, 0.29) is 0 Å². The van der Waals surface area contributed by atoms with Crippen molar-refractivity contribution >= 4 is 23.1 Å². The van der Waals surface area contributed by atoms with Gasteiger partial charge < -0.3 is 10.1 Å². The van der Waals surface area contributed by atoms with Gasteiger partial charge >= 0.3 is 0 Å². The molecule has 0 aliphatic carbocycles.